The third-order valence-electron chi connectivity index (χ3n) is 3.07. The molecule has 1 aromatic carbocycles. The van der Waals surface area contributed by atoms with Gasteiger partial charge in [-0.1, -0.05) is 17.7 Å². The third kappa shape index (κ3) is 4.26. The van der Waals surface area contributed by atoms with Crippen LogP contribution in [0.3, 0.4) is 0 Å². The zero-order chi connectivity index (χ0) is 16.2. The van der Waals surface area contributed by atoms with Crippen molar-refractivity contribution in [2.45, 2.75) is 25.7 Å². The van der Waals surface area contributed by atoms with Crippen LogP contribution < -0.4 is 5.32 Å². The van der Waals surface area contributed by atoms with Crippen LogP contribution >= 0.6 is 0 Å². The second-order valence-electron chi connectivity index (χ2n) is 5.06. The Morgan fingerprint density at radius 2 is 1.76 bits per heavy atom. The van der Waals surface area contributed by atoms with Gasteiger partial charge in [-0.2, -0.15) is 4.31 Å². The first kappa shape index (κ1) is 17.6. The van der Waals surface area contributed by atoms with E-state index >= 15 is 0 Å². The van der Waals surface area contributed by atoms with E-state index in [1.54, 1.807) is 26.0 Å². The van der Waals surface area contributed by atoms with Crippen LogP contribution in [-0.4, -0.2) is 50.5 Å². The van der Waals surface area contributed by atoms with Crippen LogP contribution in [0.1, 0.15) is 16.7 Å². The molecule has 6 nitrogen and oxygen atoms in total. The molecule has 1 amide bonds. The number of aliphatic hydroxyl groups is 1. The third-order valence-corrected chi connectivity index (χ3v) is 5.18. The maximum absolute atomic E-state index is 12.6. The molecule has 1 aromatic rings. The molecule has 0 saturated heterocycles. The van der Waals surface area contributed by atoms with Crippen molar-refractivity contribution in [2.75, 3.05) is 26.7 Å². The molecule has 1 rings (SSSR count). The van der Waals surface area contributed by atoms with E-state index in [2.05, 4.69) is 5.32 Å². The first-order chi connectivity index (χ1) is 9.70. The summed E-state index contributed by atoms with van der Waals surface area (Å²) in [4.78, 5) is 11.8. The molecule has 0 aliphatic rings. The minimum atomic E-state index is -3.73. The Kier molecular flexibility index (Phi) is 5.88. The second-order valence-corrected chi connectivity index (χ2v) is 7.04. The van der Waals surface area contributed by atoms with E-state index in [1.165, 1.54) is 7.05 Å². The van der Waals surface area contributed by atoms with Gasteiger partial charge in [-0.25, -0.2) is 8.42 Å². The largest absolute Gasteiger partial charge is 0.395 e. The fourth-order valence-corrected chi connectivity index (χ4v) is 3.80. The number of likely N-dealkylation sites (N-methyl/N-ethyl adjacent to an activating group) is 1. The van der Waals surface area contributed by atoms with Gasteiger partial charge in [0.05, 0.1) is 18.0 Å². The van der Waals surface area contributed by atoms with Crippen LogP contribution in [0.2, 0.25) is 0 Å². The number of hydrogen-bond donors (Lipinski definition) is 2. The van der Waals surface area contributed by atoms with Crippen molar-refractivity contribution >= 4 is 15.9 Å². The number of rotatable bonds is 6. The summed E-state index contributed by atoms with van der Waals surface area (Å²) in [6.45, 7) is 5.03. The topological polar surface area (TPSA) is 86.7 Å². The number of aryl methyl sites for hydroxylation is 3. The number of carbonyl (C=O) groups is 1. The first-order valence-corrected chi connectivity index (χ1v) is 8.06. The standard InChI is InChI=1S/C14H22N2O4S/c1-10-7-11(2)14(12(3)8-10)21(19,20)16(4)9-13(18)15-5-6-17/h7-8,17H,5-6,9H2,1-4H3,(H,15,18). The van der Waals surface area contributed by atoms with E-state index in [-0.39, 0.29) is 24.6 Å². The Bertz CT molecular complexity index is 603. The Hall–Kier alpha value is -1.44. The summed E-state index contributed by atoms with van der Waals surface area (Å²) in [5.74, 6) is -0.447. The van der Waals surface area contributed by atoms with Crippen molar-refractivity contribution in [3.63, 3.8) is 0 Å². The number of carbonyl (C=O) groups excluding carboxylic acids is 1. The quantitative estimate of drug-likeness (QED) is 0.793. The van der Waals surface area contributed by atoms with Crippen molar-refractivity contribution in [3.05, 3.63) is 28.8 Å². The summed E-state index contributed by atoms with van der Waals surface area (Å²) >= 11 is 0. The Balaban J connectivity index is 3.03. The molecule has 0 fully saturated rings. The zero-order valence-corrected chi connectivity index (χ0v) is 13.6. The van der Waals surface area contributed by atoms with Crippen molar-refractivity contribution in [3.8, 4) is 0 Å². The summed E-state index contributed by atoms with van der Waals surface area (Å²) in [5.41, 5.74) is 2.32. The lowest BCUT2D eigenvalue weighted by molar-refractivity contribution is -0.121. The normalized spacial score (nSPS) is 11.7. The molecule has 0 aliphatic carbocycles. The molecule has 2 N–H and O–H groups in total. The van der Waals surface area contributed by atoms with Gasteiger partial charge in [0.2, 0.25) is 15.9 Å². The van der Waals surface area contributed by atoms with Gasteiger partial charge in [0.25, 0.3) is 0 Å². The van der Waals surface area contributed by atoms with Crippen molar-refractivity contribution in [1.82, 2.24) is 9.62 Å². The molecular weight excluding hydrogens is 292 g/mol. The van der Waals surface area contributed by atoms with E-state index in [1.807, 2.05) is 6.92 Å². The molecular formula is C14H22N2O4S. The summed E-state index contributed by atoms with van der Waals surface area (Å²) in [5, 5.41) is 11.1. The second kappa shape index (κ2) is 7.02. The molecule has 0 aromatic heterocycles. The predicted molar refractivity (Wildman–Crippen MR) is 80.6 cm³/mol. The van der Waals surface area contributed by atoms with E-state index in [0.717, 1.165) is 9.87 Å². The van der Waals surface area contributed by atoms with E-state index in [0.29, 0.717) is 11.1 Å². The average Bonchev–Trinajstić information content (AvgIpc) is 2.34. The molecule has 7 heteroatoms. The van der Waals surface area contributed by atoms with E-state index < -0.39 is 15.9 Å². The SMILES string of the molecule is Cc1cc(C)c(S(=O)(=O)N(C)CC(=O)NCCO)c(C)c1. The van der Waals surface area contributed by atoms with E-state index in [4.69, 9.17) is 5.11 Å². The highest BCUT2D eigenvalue weighted by atomic mass is 32.2. The predicted octanol–water partition coefficient (Wildman–Crippen LogP) is 0.341. The molecule has 0 atom stereocenters. The first-order valence-electron chi connectivity index (χ1n) is 6.62. The summed E-state index contributed by atoms with van der Waals surface area (Å²) in [6, 6.07) is 3.61. The molecule has 0 unspecified atom stereocenters. The van der Waals surface area contributed by atoms with Gasteiger partial charge in [0, 0.05) is 13.6 Å². The smallest absolute Gasteiger partial charge is 0.243 e. The summed E-state index contributed by atoms with van der Waals surface area (Å²) in [6.07, 6.45) is 0. The highest BCUT2D eigenvalue weighted by Gasteiger charge is 2.26. The number of amides is 1. The molecule has 0 heterocycles. The molecule has 0 saturated carbocycles. The molecule has 0 radical (unpaired) electrons. The lowest BCUT2D eigenvalue weighted by Gasteiger charge is -2.20. The molecule has 0 spiro atoms. The van der Waals surface area contributed by atoms with Gasteiger partial charge >= 0.3 is 0 Å². The fraction of sp³-hybridized carbons (Fsp3) is 0.500. The summed E-state index contributed by atoms with van der Waals surface area (Å²) in [7, 11) is -2.36. The minimum absolute atomic E-state index is 0.106. The fourth-order valence-electron chi connectivity index (χ4n) is 2.27. The van der Waals surface area contributed by atoms with Gasteiger partial charge in [0.1, 0.15) is 0 Å². The van der Waals surface area contributed by atoms with Crippen LogP contribution in [-0.2, 0) is 14.8 Å². The van der Waals surface area contributed by atoms with Crippen LogP contribution in [0.4, 0.5) is 0 Å². The van der Waals surface area contributed by atoms with Gasteiger partial charge in [0.15, 0.2) is 0 Å². The maximum Gasteiger partial charge on any atom is 0.243 e. The monoisotopic (exact) mass is 314 g/mol. The van der Waals surface area contributed by atoms with E-state index in [9.17, 15) is 13.2 Å². The lowest BCUT2D eigenvalue weighted by Crippen LogP contribution is -2.39. The van der Waals surface area contributed by atoms with Crippen LogP contribution in [0.25, 0.3) is 0 Å². The van der Waals surface area contributed by atoms with Crippen LogP contribution in [0.5, 0.6) is 0 Å². The average molecular weight is 314 g/mol. The van der Waals surface area contributed by atoms with Gasteiger partial charge in [-0.05, 0) is 31.9 Å². The minimum Gasteiger partial charge on any atom is -0.395 e. The lowest BCUT2D eigenvalue weighted by atomic mass is 10.1. The van der Waals surface area contributed by atoms with Crippen LogP contribution in [0.15, 0.2) is 17.0 Å². The maximum atomic E-state index is 12.6. The summed E-state index contributed by atoms with van der Waals surface area (Å²) < 4.78 is 26.2. The highest BCUT2D eigenvalue weighted by Crippen LogP contribution is 2.24. The number of nitrogens with one attached hydrogen (secondary N) is 1. The van der Waals surface area contributed by atoms with Crippen LogP contribution in [0, 0.1) is 20.8 Å². The van der Waals surface area contributed by atoms with Crippen molar-refractivity contribution in [2.24, 2.45) is 0 Å². The van der Waals surface area contributed by atoms with Crippen molar-refractivity contribution < 1.29 is 18.3 Å². The Morgan fingerprint density at radius 3 is 2.24 bits per heavy atom. The van der Waals surface area contributed by atoms with Gasteiger partial charge < -0.3 is 10.4 Å². The molecule has 21 heavy (non-hydrogen) atoms. The molecule has 118 valence electrons. The Morgan fingerprint density at radius 1 is 1.24 bits per heavy atom. The number of benzene rings is 1. The van der Waals surface area contributed by atoms with Crippen molar-refractivity contribution in [1.29, 1.82) is 0 Å². The number of hydrogen-bond acceptors (Lipinski definition) is 4. The highest BCUT2D eigenvalue weighted by molar-refractivity contribution is 7.89. The molecule has 0 aliphatic heterocycles. The zero-order valence-electron chi connectivity index (χ0n) is 12.8. The number of nitrogens with zero attached hydrogens (tertiary/aromatic N) is 1. The Labute approximate surface area is 125 Å². The van der Waals surface area contributed by atoms with Gasteiger partial charge in [-0.15, -0.1) is 0 Å². The number of aliphatic hydroxyl groups excluding tert-OH is 1. The number of sulfonamides is 1. The van der Waals surface area contributed by atoms with Gasteiger partial charge in [-0.3, -0.25) is 4.79 Å². The molecule has 0 bridgehead atoms.